The molecule has 10 heteroatoms. The van der Waals surface area contributed by atoms with Crippen LogP contribution in [0.4, 0.5) is 5.69 Å². The minimum Gasteiger partial charge on any atom is -0.493 e. The Bertz CT molecular complexity index is 1110. The highest BCUT2D eigenvalue weighted by molar-refractivity contribution is 8.15. The molecule has 2 unspecified atom stereocenters. The van der Waals surface area contributed by atoms with Crippen molar-refractivity contribution in [1.29, 1.82) is 0 Å². The highest BCUT2D eigenvalue weighted by atomic mass is 35.5. The number of nitrogens with zero attached hydrogens (tertiary/aromatic N) is 2. The van der Waals surface area contributed by atoms with Crippen molar-refractivity contribution in [1.82, 2.24) is 0 Å². The van der Waals surface area contributed by atoms with Gasteiger partial charge in [0.1, 0.15) is 23.6 Å². The van der Waals surface area contributed by atoms with Crippen molar-refractivity contribution in [3.63, 3.8) is 0 Å². The second-order valence-electron chi connectivity index (χ2n) is 8.10. The fourth-order valence-electron chi connectivity index (χ4n) is 3.79. The van der Waals surface area contributed by atoms with Gasteiger partial charge in [-0.25, -0.2) is 4.99 Å². The van der Waals surface area contributed by atoms with Crippen molar-refractivity contribution in [2.75, 3.05) is 25.3 Å². The lowest BCUT2D eigenvalue weighted by atomic mass is 10.2. The lowest BCUT2D eigenvalue weighted by Gasteiger charge is -2.33. The number of rotatable bonds is 7. The summed E-state index contributed by atoms with van der Waals surface area (Å²) in [6.07, 6.45) is 1.01. The van der Waals surface area contributed by atoms with Crippen LogP contribution >= 0.6 is 35.0 Å². The molecular formula is C23H22Cl2N2O5S. The van der Waals surface area contributed by atoms with E-state index in [0.29, 0.717) is 38.2 Å². The summed E-state index contributed by atoms with van der Waals surface area (Å²) in [4.78, 5) is 19.4. The Hall–Kier alpha value is -1.97. The standard InChI is InChI=1S/C23H22Cl2N2O5S/c1-30-19-9-14(5-7-18(19)31-10-17(28)12-2-3-12)27-11-32-21-20(23(27)29)33-22(26-21)15-6-4-13(24)8-16(15)25/h4-9,12,17,20-21,28H,2-3,10-11H2,1H3/t17-,20?,21?/m0/s1. The summed E-state index contributed by atoms with van der Waals surface area (Å²) >= 11 is 13.7. The van der Waals surface area contributed by atoms with Gasteiger partial charge in [0.2, 0.25) is 5.91 Å². The minimum atomic E-state index is -0.575. The lowest BCUT2D eigenvalue weighted by Crippen LogP contribution is -2.49. The number of aliphatic hydroxyl groups excluding tert-OH is 1. The molecule has 2 aromatic rings. The van der Waals surface area contributed by atoms with Crippen LogP contribution < -0.4 is 14.4 Å². The molecule has 2 aliphatic heterocycles. The third kappa shape index (κ3) is 4.68. The normalized spacial score (nSPS) is 23.2. The molecule has 2 heterocycles. The number of aliphatic hydroxyl groups is 1. The molecule has 0 radical (unpaired) electrons. The van der Waals surface area contributed by atoms with Crippen molar-refractivity contribution in [2.24, 2.45) is 10.9 Å². The number of hydrogen-bond donors (Lipinski definition) is 1. The summed E-state index contributed by atoms with van der Waals surface area (Å²) in [6, 6.07) is 10.4. The summed E-state index contributed by atoms with van der Waals surface area (Å²) in [5.74, 6) is 1.21. The number of benzene rings is 2. The molecule has 1 saturated carbocycles. The maximum atomic E-state index is 13.3. The van der Waals surface area contributed by atoms with Crippen molar-refractivity contribution in [3.8, 4) is 11.5 Å². The average molecular weight is 509 g/mol. The van der Waals surface area contributed by atoms with E-state index in [4.69, 9.17) is 37.4 Å². The van der Waals surface area contributed by atoms with Crippen LogP contribution in [-0.4, -0.2) is 54.1 Å². The minimum absolute atomic E-state index is 0.0649. The first-order valence-electron chi connectivity index (χ1n) is 10.6. The van der Waals surface area contributed by atoms with Crippen LogP contribution in [0.1, 0.15) is 18.4 Å². The first kappa shape index (κ1) is 22.8. The van der Waals surface area contributed by atoms with Crippen LogP contribution in [0.2, 0.25) is 10.0 Å². The van der Waals surface area contributed by atoms with E-state index in [9.17, 15) is 9.90 Å². The van der Waals surface area contributed by atoms with Gasteiger partial charge in [0, 0.05) is 22.3 Å². The van der Waals surface area contributed by atoms with Crippen LogP contribution in [0.3, 0.4) is 0 Å². The van der Waals surface area contributed by atoms with Gasteiger partial charge in [-0.05, 0) is 49.1 Å². The molecule has 174 valence electrons. The zero-order valence-electron chi connectivity index (χ0n) is 17.7. The molecule has 33 heavy (non-hydrogen) atoms. The second kappa shape index (κ2) is 9.35. The molecule has 3 aliphatic rings. The quantitative estimate of drug-likeness (QED) is 0.598. The van der Waals surface area contributed by atoms with Crippen molar-refractivity contribution < 1.29 is 24.1 Å². The smallest absolute Gasteiger partial charge is 0.247 e. The van der Waals surface area contributed by atoms with E-state index in [1.54, 1.807) is 41.3 Å². The molecule has 2 fully saturated rings. The Kier molecular flexibility index (Phi) is 6.46. The molecule has 1 saturated heterocycles. The predicted molar refractivity (Wildman–Crippen MR) is 129 cm³/mol. The predicted octanol–water partition coefficient (Wildman–Crippen LogP) is 4.36. The largest absolute Gasteiger partial charge is 0.493 e. The van der Waals surface area contributed by atoms with Gasteiger partial charge in [0.15, 0.2) is 17.7 Å². The Morgan fingerprint density at radius 1 is 1.24 bits per heavy atom. The molecule has 0 spiro atoms. The molecule has 0 bridgehead atoms. The molecule has 1 N–H and O–H groups in total. The second-order valence-corrected chi connectivity index (χ2v) is 10.1. The van der Waals surface area contributed by atoms with Crippen LogP contribution in [0.15, 0.2) is 41.4 Å². The molecule has 5 rings (SSSR count). The first-order valence-corrected chi connectivity index (χ1v) is 12.2. The summed E-state index contributed by atoms with van der Waals surface area (Å²) in [6.45, 7) is 0.273. The topological polar surface area (TPSA) is 80.6 Å². The van der Waals surface area contributed by atoms with E-state index >= 15 is 0 Å². The Labute approximate surface area is 205 Å². The highest BCUT2D eigenvalue weighted by Crippen LogP contribution is 2.40. The number of ether oxygens (including phenoxy) is 3. The monoisotopic (exact) mass is 508 g/mol. The number of carbonyl (C=O) groups is 1. The summed E-state index contributed by atoms with van der Waals surface area (Å²) in [7, 11) is 1.54. The third-order valence-corrected chi connectivity index (χ3v) is 7.61. The van der Waals surface area contributed by atoms with Crippen LogP contribution in [0.25, 0.3) is 0 Å². The number of methoxy groups -OCH3 is 1. The molecule has 1 amide bonds. The van der Waals surface area contributed by atoms with Gasteiger partial charge >= 0.3 is 0 Å². The van der Waals surface area contributed by atoms with E-state index in [2.05, 4.69) is 4.99 Å². The van der Waals surface area contributed by atoms with Gasteiger partial charge in [-0.1, -0.05) is 35.0 Å². The number of aliphatic imine (C=N–C) groups is 1. The van der Waals surface area contributed by atoms with Crippen molar-refractivity contribution >= 4 is 51.6 Å². The van der Waals surface area contributed by atoms with E-state index in [1.165, 1.54) is 18.9 Å². The molecule has 1 aliphatic carbocycles. The van der Waals surface area contributed by atoms with Crippen molar-refractivity contribution in [3.05, 3.63) is 52.0 Å². The number of amides is 1. The van der Waals surface area contributed by atoms with Gasteiger partial charge in [-0.2, -0.15) is 0 Å². The lowest BCUT2D eigenvalue weighted by molar-refractivity contribution is -0.126. The van der Waals surface area contributed by atoms with Crippen molar-refractivity contribution in [2.45, 2.75) is 30.4 Å². The van der Waals surface area contributed by atoms with E-state index in [-0.39, 0.29) is 19.2 Å². The van der Waals surface area contributed by atoms with Gasteiger partial charge < -0.3 is 19.3 Å². The zero-order valence-corrected chi connectivity index (χ0v) is 20.1. The maximum absolute atomic E-state index is 13.3. The number of anilines is 1. The van der Waals surface area contributed by atoms with Crippen LogP contribution in [-0.2, 0) is 9.53 Å². The molecule has 3 atom stereocenters. The summed E-state index contributed by atoms with van der Waals surface area (Å²) in [5, 5.41) is 11.2. The summed E-state index contributed by atoms with van der Waals surface area (Å²) < 4.78 is 17.1. The SMILES string of the molecule is COc1cc(N2COC3N=C(c4ccc(Cl)cc4Cl)SC3C2=O)ccc1OC[C@H](O)C1CC1. The fourth-order valence-corrected chi connectivity index (χ4v) is 5.54. The number of hydrogen-bond acceptors (Lipinski definition) is 7. The van der Waals surface area contributed by atoms with Gasteiger partial charge in [-0.3, -0.25) is 9.69 Å². The number of fused-ring (bicyclic) bond motifs is 1. The maximum Gasteiger partial charge on any atom is 0.247 e. The molecule has 2 aromatic carbocycles. The Morgan fingerprint density at radius 3 is 2.79 bits per heavy atom. The fraction of sp³-hybridized carbons (Fsp3) is 0.391. The van der Waals surface area contributed by atoms with E-state index in [0.717, 1.165) is 18.4 Å². The van der Waals surface area contributed by atoms with Crippen LogP contribution in [0.5, 0.6) is 11.5 Å². The van der Waals surface area contributed by atoms with Gasteiger partial charge in [0.05, 0.1) is 18.2 Å². The third-order valence-electron chi connectivity index (χ3n) is 5.82. The van der Waals surface area contributed by atoms with Crippen LogP contribution in [0, 0.1) is 5.92 Å². The summed E-state index contributed by atoms with van der Waals surface area (Å²) in [5.41, 5.74) is 1.35. The highest BCUT2D eigenvalue weighted by Gasteiger charge is 2.44. The molecular weight excluding hydrogens is 487 g/mol. The Morgan fingerprint density at radius 2 is 2.06 bits per heavy atom. The Balaban J connectivity index is 1.30. The van der Waals surface area contributed by atoms with E-state index < -0.39 is 17.6 Å². The molecule has 0 aromatic heterocycles. The zero-order chi connectivity index (χ0) is 23.1. The number of halogens is 2. The van der Waals surface area contributed by atoms with Gasteiger partial charge in [0.25, 0.3) is 0 Å². The molecule has 7 nitrogen and oxygen atoms in total. The number of carbonyl (C=O) groups excluding carboxylic acids is 1. The van der Waals surface area contributed by atoms with Gasteiger partial charge in [-0.15, -0.1) is 0 Å². The average Bonchev–Trinajstić information content (AvgIpc) is 3.57. The number of thioether (sulfide) groups is 1. The first-order chi connectivity index (χ1) is 15.9. The van der Waals surface area contributed by atoms with E-state index in [1.807, 2.05) is 0 Å².